The Morgan fingerprint density at radius 1 is 0.967 bits per heavy atom. The van der Waals surface area contributed by atoms with Crippen LogP contribution in [-0.4, -0.2) is 21.4 Å². The van der Waals surface area contributed by atoms with Gasteiger partial charge < -0.3 is 10.1 Å². The fourth-order valence-electron chi connectivity index (χ4n) is 2.67. The molecule has 2 N–H and O–H groups in total. The second kappa shape index (κ2) is 8.95. The molecule has 0 heterocycles. The highest BCUT2D eigenvalue weighted by molar-refractivity contribution is 7.92. The molecular formula is C21H18Cl2N2O4S. The number of hydrogen-bond donors (Lipinski definition) is 2. The maximum Gasteiger partial charge on any atom is 0.261 e. The maximum atomic E-state index is 12.9. The summed E-state index contributed by atoms with van der Waals surface area (Å²) >= 11 is 11.9. The van der Waals surface area contributed by atoms with Gasteiger partial charge in [-0.15, -0.1) is 0 Å². The van der Waals surface area contributed by atoms with Crippen LogP contribution in [0.15, 0.2) is 65.6 Å². The molecule has 9 heteroatoms. The van der Waals surface area contributed by atoms with E-state index in [0.717, 1.165) is 0 Å². The van der Waals surface area contributed by atoms with Gasteiger partial charge >= 0.3 is 0 Å². The van der Waals surface area contributed by atoms with E-state index in [9.17, 15) is 13.2 Å². The van der Waals surface area contributed by atoms with Crippen molar-refractivity contribution in [1.82, 2.24) is 0 Å². The number of rotatable bonds is 6. The third kappa shape index (κ3) is 4.87. The summed E-state index contributed by atoms with van der Waals surface area (Å²) in [5.41, 5.74) is 1.54. The summed E-state index contributed by atoms with van der Waals surface area (Å²) in [4.78, 5) is 12.5. The molecule has 3 aromatic carbocycles. The number of carbonyl (C=O) groups excluding carboxylic acids is 1. The molecule has 0 saturated heterocycles. The van der Waals surface area contributed by atoms with Crippen molar-refractivity contribution in [2.24, 2.45) is 0 Å². The van der Waals surface area contributed by atoms with Gasteiger partial charge in [0.2, 0.25) is 0 Å². The van der Waals surface area contributed by atoms with Gasteiger partial charge in [0.1, 0.15) is 5.75 Å². The standard InChI is InChI=1S/C21H18Cl2N2O4S/c1-13-17(23)4-3-5-18(13)25-30(27,28)16-10-11-20(29-2)19(12-16)24-21(26)14-6-8-15(22)9-7-14/h3-12,25H,1-2H3,(H,24,26). The molecule has 0 aliphatic rings. The molecule has 0 aliphatic heterocycles. The molecule has 3 rings (SSSR count). The minimum absolute atomic E-state index is 0.0471. The van der Waals surface area contributed by atoms with Gasteiger partial charge in [-0.05, 0) is 67.1 Å². The van der Waals surface area contributed by atoms with Gasteiger partial charge in [0, 0.05) is 15.6 Å². The van der Waals surface area contributed by atoms with Gasteiger partial charge in [0.25, 0.3) is 15.9 Å². The molecular weight excluding hydrogens is 447 g/mol. The minimum Gasteiger partial charge on any atom is -0.495 e. The molecule has 0 spiro atoms. The Labute approximate surface area is 184 Å². The summed E-state index contributed by atoms with van der Waals surface area (Å²) in [7, 11) is -2.51. The van der Waals surface area contributed by atoms with Crippen LogP contribution in [0.3, 0.4) is 0 Å². The highest BCUT2D eigenvalue weighted by Crippen LogP contribution is 2.30. The summed E-state index contributed by atoms with van der Waals surface area (Å²) in [5, 5.41) is 3.62. The van der Waals surface area contributed by atoms with E-state index in [4.69, 9.17) is 27.9 Å². The fourth-order valence-corrected chi connectivity index (χ4v) is 4.12. The van der Waals surface area contributed by atoms with Crippen molar-refractivity contribution in [3.05, 3.63) is 81.8 Å². The molecule has 0 atom stereocenters. The van der Waals surface area contributed by atoms with Crippen molar-refractivity contribution in [1.29, 1.82) is 0 Å². The quantitative estimate of drug-likeness (QED) is 0.513. The van der Waals surface area contributed by atoms with Crippen molar-refractivity contribution in [3.63, 3.8) is 0 Å². The van der Waals surface area contributed by atoms with E-state index in [2.05, 4.69) is 10.0 Å². The third-order valence-electron chi connectivity index (χ3n) is 4.35. The Balaban J connectivity index is 1.92. The number of sulfonamides is 1. The van der Waals surface area contributed by atoms with Crippen molar-refractivity contribution in [3.8, 4) is 5.75 Å². The number of carbonyl (C=O) groups is 1. The van der Waals surface area contributed by atoms with E-state index in [1.54, 1.807) is 49.4 Å². The van der Waals surface area contributed by atoms with E-state index in [-0.39, 0.29) is 10.6 Å². The molecule has 0 aliphatic carbocycles. The van der Waals surface area contributed by atoms with Crippen LogP contribution in [0.25, 0.3) is 0 Å². The number of hydrogen-bond acceptors (Lipinski definition) is 4. The summed E-state index contributed by atoms with van der Waals surface area (Å²) in [6.07, 6.45) is 0. The van der Waals surface area contributed by atoms with Crippen LogP contribution >= 0.6 is 23.2 Å². The zero-order valence-corrected chi connectivity index (χ0v) is 18.4. The molecule has 0 aromatic heterocycles. The molecule has 0 radical (unpaired) electrons. The van der Waals surface area contributed by atoms with Crippen LogP contribution in [-0.2, 0) is 10.0 Å². The molecule has 6 nitrogen and oxygen atoms in total. The number of halogens is 2. The van der Waals surface area contributed by atoms with Gasteiger partial charge in [-0.1, -0.05) is 29.3 Å². The highest BCUT2D eigenvalue weighted by atomic mass is 35.5. The van der Waals surface area contributed by atoms with Crippen LogP contribution in [0.1, 0.15) is 15.9 Å². The van der Waals surface area contributed by atoms with Crippen molar-refractivity contribution >= 4 is 50.5 Å². The number of ether oxygens (including phenoxy) is 1. The average molecular weight is 465 g/mol. The zero-order valence-electron chi connectivity index (χ0n) is 16.1. The van der Waals surface area contributed by atoms with Gasteiger partial charge in [-0.25, -0.2) is 8.42 Å². The minimum atomic E-state index is -3.94. The predicted molar refractivity (Wildman–Crippen MR) is 119 cm³/mol. The fraction of sp³-hybridized carbons (Fsp3) is 0.0952. The first kappa shape index (κ1) is 22.0. The van der Waals surface area contributed by atoms with E-state index >= 15 is 0 Å². The number of benzene rings is 3. The first-order chi connectivity index (χ1) is 14.2. The molecule has 30 heavy (non-hydrogen) atoms. The van der Waals surface area contributed by atoms with Gasteiger partial charge in [-0.2, -0.15) is 0 Å². The van der Waals surface area contributed by atoms with Crippen molar-refractivity contribution < 1.29 is 17.9 Å². The lowest BCUT2D eigenvalue weighted by atomic mass is 10.2. The summed E-state index contributed by atoms with van der Waals surface area (Å²) in [6.45, 7) is 1.71. The average Bonchev–Trinajstić information content (AvgIpc) is 2.71. The second-order valence-electron chi connectivity index (χ2n) is 6.34. The summed E-state index contributed by atoms with van der Waals surface area (Å²) < 4.78 is 33.5. The van der Waals surface area contributed by atoms with Crippen LogP contribution < -0.4 is 14.8 Å². The lowest BCUT2D eigenvalue weighted by Gasteiger charge is -2.14. The largest absolute Gasteiger partial charge is 0.495 e. The van der Waals surface area contributed by atoms with Crippen molar-refractivity contribution in [2.75, 3.05) is 17.1 Å². The Bertz CT molecular complexity index is 1200. The zero-order chi connectivity index (χ0) is 21.9. The molecule has 0 bridgehead atoms. The van der Waals surface area contributed by atoms with Gasteiger partial charge in [-0.3, -0.25) is 9.52 Å². The summed E-state index contributed by atoms with van der Waals surface area (Å²) in [5.74, 6) is -0.117. The Morgan fingerprint density at radius 3 is 2.33 bits per heavy atom. The number of amides is 1. The maximum absolute atomic E-state index is 12.9. The third-order valence-corrected chi connectivity index (χ3v) is 6.37. The van der Waals surface area contributed by atoms with E-state index < -0.39 is 15.9 Å². The number of nitrogens with one attached hydrogen (secondary N) is 2. The van der Waals surface area contributed by atoms with E-state index in [1.165, 1.54) is 25.3 Å². The highest BCUT2D eigenvalue weighted by Gasteiger charge is 2.19. The SMILES string of the molecule is COc1ccc(S(=O)(=O)Nc2cccc(Cl)c2C)cc1NC(=O)c1ccc(Cl)cc1. The molecule has 156 valence electrons. The second-order valence-corrected chi connectivity index (χ2v) is 8.87. The molecule has 1 amide bonds. The molecule has 0 unspecified atom stereocenters. The van der Waals surface area contributed by atoms with Crippen LogP contribution in [0.5, 0.6) is 5.75 Å². The smallest absolute Gasteiger partial charge is 0.261 e. The van der Waals surface area contributed by atoms with E-state index in [1.807, 2.05) is 0 Å². The van der Waals surface area contributed by atoms with E-state index in [0.29, 0.717) is 32.6 Å². The first-order valence-corrected chi connectivity index (χ1v) is 11.0. The predicted octanol–water partition coefficient (Wildman–Crippen LogP) is 5.36. The first-order valence-electron chi connectivity index (χ1n) is 8.74. The summed E-state index contributed by atoms with van der Waals surface area (Å²) in [6, 6.07) is 15.4. The monoisotopic (exact) mass is 464 g/mol. The molecule has 3 aromatic rings. The van der Waals surface area contributed by atoms with Gasteiger partial charge in [0.15, 0.2) is 0 Å². The normalized spacial score (nSPS) is 11.1. The lowest BCUT2D eigenvalue weighted by molar-refractivity contribution is 0.102. The van der Waals surface area contributed by atoms with Crippen molar-refractivity contribution in [2.45, 2.75) is 11.8 Å². The Kier molecular flexibility index (Phi) is 6.55. The number of anilines is 2. The molecule has 0 fully saturated rings. The van der Waals surface area contributed by atoms with Crippen LogP contribution in [0.2, 0.25) is 10.0 Å². The molecule has 0 saturated carbocycles. The van der Waals surface area contributed by atoms with Crippen LogP contribution in [0, 0.1) is 6.92 Å². The number of methoxy groups -OCH3 is 1. The Hall–Kier alpha value is -2.74. The lowest BCUT2D eigenvalue weighted by Crippen LogP contribution is -2.16. The van der Waals surface area contributed by atoms with Crippen LogP contribution in [0.4, 0.5) is 11.4 Å². The topological polar surface area (TPSA) is 84.5 Å². The Morgan fingerprint density at radius 2 is 1.67 bits per heavy atom. The van der Waals surface area contributed by atoms with Gasteiger partial charge in [0.05, 0.1) is 23.4 Å².